The molecule has 5 unspecified atom stereocenters. The maximum Gasteiger partial charge on any atom is 0.161 e. The minimum absolute atomic E-state index is 0.447. The second-order valence-electron chi connectivity index (χ2n) is 7.59. The number of aliphatic hydroxyl groups is 4. The van der Waals surface area contributed by atoms with Gasteiger partial charge in [-0.05, 0) is 47.7 Å². The van der Waals surface area contributed by atoms with Gasteiger partial charge in [0.25, 0.3) is 0 Å². The molecule has 5 atom stereocenters. The summed E-state index contributed by atoms with van der Waals surface area (Å²) in [5.41, 5.74) is 3.85. The molecule has 7 heteroatoms. The van der Waals surface area contributed by atoms with Gasteiger partial charge in [-0.3, -0.25) is 0 Å². The van der Waals surface area contributed by atoms with Crippen molar-refractivity contribution in [1.29, 1.82) is 0 Å². The van der Waals surface area contributed by atoms with E-state index in [4.69, 9.17) is 14.2 Å². The van der Waals surface area contributed by atoms with Crippen LogP contribution >= 0.6 is 0 Å². The molecule has 2 heterocycles. The Bertz CT molecular complexity index is 866. The van der Waals surface area contributed by atoms with Crippen molar-refractivity contribution in [3.8, 4) is 11.5 Å². The van der Waals surface area contributed by atoms with E-state index < -0.39 is 37.1 Å². The van der Waals surface area contributed by atoms with Crippen LogP contribution in [-0.4, -0.2) is 64.7 Å². The van der Waals surface area contributed by atoms with Crippen molar-refractivity contribution in [3.63, 3.8) is 0 Å². The Labute approximate surface area is 169 Å². The molecule has 2 aliphatic rings. The molecule has 0 amide bonds. The Morgan fingerprint density at radius 2 is 1.66 bits per heavy atom. The number of hydrogen-bond donors (Lipinski definition) is 4. The zero-order valence-corrected chi connectivity index (χ0v) is 16.2. The Kier molecular flexibility index (Phi) is 5.76. The highest BCUT2D eigenvalue weighted by Crippen LogP contribution is 2.35. The molecule has 0 spiro atoms. The van der Waals surface area contributed by atoms with Crippen molar-refractivity contribution in [1.82, 2.24) is 0 Å². The monoisotopic (exact) mass is 402 g/mol. The van der Waals surface area contributed by atoms with Crippen molar-refractivity contribution >= 4 is 0 Å². The lowest BCUT2D eigenvalue weighted by atomic mass is 9.89. The topological polar surface area (TPSA) is 109 Å². The molecular formula is C22H26O7. The van der Waals surface area contributed by atoms with Gasteiger partial charge in [0.2, 0.25) is 0 Å². The van der Waals surface area contributed by atoms with Crippen LogP contribution in [0.1, 0.15) is 28.4 Å². The second kappa shape index (κ2) is 8.30. The molecule has 0 radical (unpaired) electrons. The van der Waals surface area contributed by atoms with Crippen molar-refractivity contribution in [2.45, 2.75) is 43.9 Å². The van der Waals surface area contributed by atoms with E-state index in [-0.39, 0.29) is 0 Å². The first-order chi connectivity index (χ1) is 14.0. The summed E-state index contributed by atoms with van der Waals surface area (Å²) in [5, 5.41) is 39.9. The molecule has 29 heavy (non-hydrogen) atoms. The van der Waals surface area contributed by atoms with Gasteiger partial charge in [0.05, 0.1) is 6.61 Å². The smallest absolute Gasteiger partial charge is 0.161 e. The summed E-state index contributed by atoms with van der Waals surface area (Å²) in [6.07, 6.45) is -5.18. The minimum atomic E-state index is -1.39. The normalized spacial score (nSPS) is 28.9. The molecule has 0 bridgehead atoms. The van der Waals surface area contributed by atoms with Gasteiger partial charge in [0, 0.05) is 0 Å². The molecular weight excluding hydrogens is 376 g/mol. The van der Waals surface area contributed by atoms with Gasteiger partial charge in [-0.1, -0.05) is 24.3 Å². The van der Waals surface area contributed by atoms with E-state index >= 15 is 0 Å². The number of benzene rings is 2. The fourth-order valence-electron chi connectivity index (χ4n) is 3.85. The lowest BCUT2D eigenvalue weighted by Crippen LogP contribution is -2.55. The van der Waals surface area contributed by atoms with E-state index in [2.05, 4.69) is 0 Å². The van der Waals surface area contributed by atoms with Crippen LogP contribution in [0.2, 0.25) is 0 Å². The molecule has 0 saturated carbocycles. The maximum atomic E-state index is 10.4. The molecule has 7 nitrogen and oxygen atoms in total. The summed E-state index contributed by atoms with van der Waals surface area (Å²) in [6, 6.07) is 11.6. The van der Waals surface area contributed by atoms with E-state index in [0.717, 1.165) is 28.2 Å². The van der Waals surface area contributed by atoms with Crippen LogP contribution in [0.15, 0.2) is 36.4 Å². The van der Waals surface area contributed by atoms with E-state index in [1.165, 1.54) is 0 Å². The number of aliphatic hydroxyl groups excluding tert-OH is 4. The lowest BCUT2D eigenvalue weighted by molar-refractivity contribution is -0.231. The molecule has 156 valence electrons. The largest absolute Gasteiger partial charge is 0.486 e. The summed E-state index contributed by atoms with van der Waals surface area (Å²) in [6.45, 7) is 2.64. The van der Waals surface area contributed by atoms with Crippen LogP contribution < -0.4 is 9.47 Å². The van der Waals surface area contributed by atoms with Crippen LogP contribution in [0.25, 0.3) is 0 Å². The summed E-state index contributed by atoms with van der Waals surface area (Å²) >= 11 is 0. The summed E-state index contributed by atoms with van der Waals surface area (Å²) in [7, 11) is 0. The maximum absolute atomic E-state index is 10.4. The molecule has 1 fully saturated rings. The average molecular weight is 402 g/mol. The van der Waals surface area contributed by atoms with E-state index in [1.807, 2.05) is 43.3 Å². The van der Waals surface area contributed by atoms with Crippen LogP contribution in [0.5, 0.6) is 11.5 Å². The molecule has 0 aromatic heterocycles. The number of rotatable bonds is 4. The molecule has 2 aromatic carbocycles. The third-order valence-electron chi connectivity index (χ3n) is 5.60. The van der Waals surface area contributed by atoms with Gasteiger partial charge in [0.15, 0.2) is 11.5 Å². The van der Waals surface area contributed by atoms with Crippen LogP contribution in [0, 0.1) is 6.92 Å². The molecule has 1 saturated heterocycles. The number of fused-ring (bicyclic) bond motifs is 1. The second-order valence-corrected chi connectivity index (χ2v) is 7.59. The van der Waals surface area contributed by atoms with Crippen molar-refractivity contribution < 1.29 is 34.6 Å². The summed E-state index contributed by atoms with van der Waals surface area (Å²) in [4.78, 5) is 0. The quantitative estimate of drug-likeness (QED) is 0.601. The summed E-state index contributed by atoms with van der Waals surface area (Å²) in [5.74, 6) is 1.48. The molecule has 2 aromatic rings. The van der Waals surface area contributed by atoms with Gasteiger partial charge in [-0.15, -0.1) is 0 Å². The first-order valence-electron chi connectivity index (χ1n) is 9.76. The number of aryl methyl sites for hydroxylation is 1. The average Bonchev–Trinajstić information content (AvgIpc) is 2.74. The van der Waals surface area contributed by atoms with Crippen LogP contribution in [-0.2, 0) is 11.2 Å². The Morgan fingerprint density at radius 3 is 2.41 bits per heavy atom. The minimum Gasteiger partial charge on any atom is -0.486 e. The van der Waals surface area contributed by atoms with Gasteiger partial charge in [0.1, 0.15) is 43.7 Å². The lowest BCUT2D eigenvalue weighted by Gasteiger charge is -2.40. The van der Waals surface area contributed by atoms with E-state index in [1.54, 1.807) is 0 Å². The molecule has 2 aliphatic heterocycles. The predicted octanol–water partition coefficient (Wildman–Crippen LogP) is 0.872. The van der Waals surface area contributed by atoms with Crippen molar-refractivity contribution in [2.75, 3.05) is 19.8 Å². The zero-order valence-electron chi connectivity index (χ0n) is 16.2. The van der Waals surface area contributed by atoms with Crippen molar-refractivity contribution in [2.24, 2.45) is 0 Å². The molecule has 4 N–H and O–H groups in total. The highest BCUT2D eigenvalue weighted by atomic mass is 16.6. The van der Waals surface area contributed by atoms with E-state index in [9.17, 15) is 20.4 Å². The fraction of sp³-hybridized carbons (Fsp3) is 0.455. The molecule has 0 aliphatic carbocycles. The first kappa shape index (κ1) is 20.1. The third kappa shape index (κ3) is 3.97. The van der Waals surface area contributed by atoms with Crippen molar-refractivity contribution in [3.05, 3.63) is 58.7 Å². The number of ether oxygens (including phenoxy) is 3. The zero-order chi connectivity index (χ0) is 20.5. The standard InChI is InChI=1S/C22H26O7/c1-12-2-4-14(22-21(26)20(25)19(24)18(11-23)29-22)10-15(12)8-13-3-5-16-17(9-13)28-7-6-27-16/h2-5,9-10,18-26H,6-8,11H2,1H3. The SMILES string of the molecule is Cc1ccc(C2OC(CO)C(O)C(O)C2O)cc1Cc1ccc2c(c1)OCCO2. The summed E-state index contributed by atoms with van der Waals surface area (Å²) < 4.78 is 16.9. The Morgan fingerprint density at radius 1 is 0.897 bits per heavy atom. The first-order valence-corrected chi connectivity index (χ1v) is 9.76. The third-order valence-corrected chi connectivity index (χ3v) is 5.60. The highest BCUT2D eigenvalue weighted by Gasteiger charge is 2.43. The van der Waals surface area contributed by atoms with Gasteiger partial charge in [-0.25, -0.2) is 0 Å². The van der Waals surface area contributed by atoms with E-state index in [0.29, 0.717) is 25.2 Å². The highest BCUT2D eigenvalue weighted by molar-refractivity contribution is 5.46. The van der Waals surface area contributed by atoms with Gasteiger partial charge >= 0.3 is 0 Å². The van der Waals surface area contributed by atoms with Crippen LogP contribution in [0.4, 0.5) is 0 Å². The van der Waals surface area contributed by atoms with Crippen LogP contribution in [0.3, 0.4) is 0 Å². The van der Waals surface area contributed by atoms with Gasteiger partial charge in [-0.2, -0.15) is 0 Å². The Balaban J connectivity index is 1.59. The number of hydrogen-bond acceptors (Lipinski definition) is 7. The Hall–Kier alpha value is -2.16. The molecule has 4 rings (SSSR count). The predicted molar refractivity (Wildman–Crippen MR) is 104 cm³/mol. The van der Waals surface area contributed by atoms with Gasteiger partial charge < -0.3 is 34.6 Å². The fourth-order valence-corrected chi connectivity index (χ4v) is 3.85.